The average molecular weight is 651 g/mol. The number of anilines is 2. The van der Waals surface area contributed by atoms with Gasteiger partial charge in [0, 0.05) is 37.6 Å². The molecule has 1 aliphatic heterocycles. The van der Waals surface area contributed by atoms with Crippen molar-refractivity contribution in [2.24, 2.45) is 0 Å². The standard InChI is InChI=1S/C32H22Cl3N3O4S/c33-21-8-12-24(13-9-21)38-29(39)18-28(32(38)42)43-25-14-10-23(11-15-25)36-31(41)27(16-20-6-7-22(34)17-26(20)35)37-30(40)19-4-2-1-3-5-19/h1-17,28H,18H2,(H,36,41)(H,37,40)/b27-16-. The number of imide groups is 1. The van der Waals surface area contributed by atoms with E-state index >= 15 is 0 Å². The molecule has 7 nitrogen and oxygen atoms in total. The number of thioether (sulfide) groups is 1. The third kappa shape index (κ3) is 7.47. The maximum absolute atomic E-state index is 13.3. The van der Waals surface area contributed by atoms with Crippen LogP contribution in [0.25, 0.3) is 6.08 Å². The van der Waals surface area contributed by atoms with Gasteiger partial charge in [0.1, 0.15) is 5.70 Å². The van der Waals surface area contributed by atoms with E-state index in [1.807, 2.05) is 0 Å². The number of hydrogen-bond donors (Lipinski definition) is 2. The molecule has 1 heterocycles. The van der Waals surface area contributed by atoms with E-state index in [4.69, 9.17) is 34.8 Å². The Morgan fingerprint density at radius 1 is 0.837 bits per heavy atom. The van der Waals surface area contributed by atoms with E-state index in [2.05, 4.69) is 10.6 Å². The first kappa shape index (κ1) is 30.4. The van der Waals surface area contributed by atoms with E-state index in [0.29, 0.717) is 37.6 Å². The van der Waals surface area contributed by atoms with E-state index in [0.717, 1.165) is 4.90 Å². The Labute approximate surface area is 266 Å². The summed E-state index contributed by atoms with van der Waals surface area (Å²) in [6, 6.07) is 26.6. The first-order valence-electron chi connectivity index (χ1n) is 12.9. The molecular formula is C32H22Cl3N3O4S. The minimum atomic E-state index is -0.588. The number of benzene rings is 4. The number of carbonyl (C=O) groups excluding carboxylic acids is 4. The highest BCUT2D eigenvalue weighted by molar-refractivity contribution is 8.00. The van der Waals surface area contributed by atoms with Crippen LogP contribution < -0.4 is 15.5 Å². The Bertz CT molecular complexity index is 1730. The molecule has 1 unspecified atom stereocenters. The van der Waals surface area contributed by atoms with Crippen LogP contribution >= 0.6 is 46.6 Å². The van der Waals surface area contributed by atoms with Crippen molar-refractivity contribution in [2.45, 2.75) is 16.6 Å². The largest absolute Gasteiger partial charge is 0.321 e. The monoisotopic (exact) mass is 649 g/mol. The molecule has 1 aliphatic rings. The van der Waals surface area contributed by atoms with Gasteiger partial charge in [-0.1, -0.05) is 59.1 Å². The molecule has 0 spiro atoms. The maximum atomic E-state index is 13.3. The molecule has 1 saturated heterocycles. The molecule has 4 amide bonds. The predicted octanol–water partition coefficient (Wildman–Crippen LogP) is 7.48. The zero-order chi connectivity index (χ0) is 30.5. The molecule has 43 heavy (non-hydrogen) atoms. The summed E-state index contributed by atoms with van der Waals surface area (Å²) in [5, 5.41) is 6.11. The average Bonchev–Trinajstić information content (AvgIpc) is 3.27. The first-order chi connectivity index (χ1) is 20.7. The summed E-state index contributed by atoms with van der Waals surface area (Å²) in [4.78, 5) is 53.7. The van der Waals surface area contributed by atoms with Gasteiger partial charge in [-0.3, -0.25) is 19.2 Å². The number of amides is 4. The molecule has 0 aromatic heterocycles. The van der Waals surface area contributed by atoms with E-state index in [-0.39, 0.29) is 23.9 Å². The number of nitrogens with zero attached hydrogens (tertiary/aromatic N) is 1. The van der Waals surface area contributed by atoms with Crippen molar-refractivity contribution in [2.75, 3.05) is 10.2 Å². The van der Waals surface area contributed by atoms with Crippen LogP contribution in [0, 0.1) is 0 Å². The smallest absolute Gasteiger partial charge is 0.272 e. The fourth-order valence-electron chi connectivity index (χ4n) is 4.25. The number of nitrogens with one attached hydrogen (secondary N) is 2. The van der Waals surface area contributed by atoms with Crippen molar-refractivity contribution in [3.63, 3.8) is 0 Å². The summed E-state index contributed by atoms with van der Waals surface area (Å²) >= 11 is 19.5. The lowest BCUT2D eigenvalue weighted by Gasteiger charge is -2.15. The lowest BCUT2D eigenvalue weighted by molar-refractivity contribution is -0.121. The first-order valence-corrected chi connectivity index (χ1v) is 14.9. The molecular weight excluding hydrogens is 629 g/mol. The molecule has 0 saturated carbocycles. The Balaban J connectivity index is 1.29. The van der Waals surface area contributed by atoms with E-state index in [1.54, 1.807) is 91.0 Å². The molecule has 4 aromatic carbocycles. The predicted molar refractivity (Wildman–Crippen MR) is 172 cm³/mol. The molecule has 4 aromatic rings. The van der Waals surface area contributed by atoms with Gasteiger partial charge in [-0.2, -0.15) is 0 Å². The summed E-state index contributed by atoms with van der Waals surface area (Å²) in [6.07, 6.45) is 1.53. The van der Waals surface area contributed by atoms with Gasteiger partial charge in [0.15, 0.2) is 0 Å². The summed E-state index contributed by atoms with van der Waals surface area (Å²) in [5.74, 6) is -1.64. The fourth-order valence-corrected chi connectivity index (χ4v) is 5.90. The SMILES string of the molecule is O=C(Nc1ccc(SC2CC(=O)N(c3ccc(Cl)cc3)C2=O)cc1)/C(=C/c1ccc(Cl)cc1Cl)NC(=O)c1ccccc1. The topological polar surface area (TPSA) is 95.6 Å². The Kier molecular flexibility index (Phi) is 9.52. The van der Waals surface area contributed by atoms with Crippen molar-refractivity contribution in [1.29, 1.82) is 0 Å². The van der Waals surface area contributed by atoms with Crippen LogP contribution in [-0.4, -0.2) is 28.9 Å². The highest BCUT2D eigenvalue weighted by Gasteiger charge is 2.40. The summed E-state index contributed by atoms with van der Waals surface area (Å²) in [7, 11) is 0. The van der Waals surface area contributed by atoms with Crippen LogP contribution in [0.2, 0.25) is 15.1 Å². The zero-order valence-corrected chi connectivity index (χ0v) is 25.3. The quantitative estimate of drug-likeness (QED) is 0.152. The number of carbonyl (C=O) groups is 4. The van der Waals surface area contributed by atoms with E-state index in [1.165, 1.54) is 28.8 Å². The number of rotatable bonds is 8. The normalized spacial score (nSPS) is 15.0. The van der Waals surface area contributed by atoms with E-state index in [9.17, 15) is 19.2 Å². The molecule has 0 aliphatic carbocycles. The van der Waals surface area contributed by atoms with Crippen LogP contribution in [-0.2, 0) is 14.4 Å². The molecule has 2 N–H and O–H groups in total. The third-order valence-corrected chi connectivity index (χ3v) is 8.38. The van der Waals surface area contributed by atoms with Crippen LogP contribution in [0.3, 0.4) is 0 Å². The molecule has 0 bridgehead atoms. The van der Waals surface area contributed by atoms with Gasteiger partial charge in [0.05, 0.1) is 10.9 Å². The molecule has 5 rings (SSSR count). The second-order valence-electron chi connectivity index (χ2n) is 9.38. The van der Waals surface area contributed by atoms with Crippen molar-refractivity contribution < 1.29 is 19.2 Å². The molecule has 1 fully saturated rings. The molecule has 216 valence electrons. The van der Waals surface area contributed by atoms with Crippen molar-refractivity contribution in [3.05, 3.63) is 129 Å². The van der Waals surface area contributed by atoms with Crippen LogP contribution in [0.15, 0.2) is 108 Å². The van der Waals surface area contributed by atoms with Gasteiger partial charge < -0.3 is 10.6 Å². The molecule has 1 atom stereocenters. The highest BCUT2D eigenvalue weighted by atomic mass is 35.5. The van der Waals surface area contributed by atoms with Crippen molar-refractivity contribution >= 4 is 87.6 Å². The van der Waals surface area contributed by atoms with Crippen LogP contribution in [0.5, 0.6) is 0 Å². The lowest BCUT2D eigenvalue weighted by Crippen LogP contribution is -2.31. The summed E-state index contributed by atoms with van der Waals surface area (Å²) in [6.45, 7) is 0. The zero-order valence-electron chi connectivity index (χ0n) is 22.2. The van der Waals surface area contributed by atoms with Gasteiger partial charge in [-0.05, 0) is 84.4 Å². The van der Waals surface area contributed by atoms with E-state index < -0.39 is 17.1 Å². The minimum Gasteiger partial charge on any atom is -0.321 e. The van der Waals surface area contributed by atoms with Gasteiger partial charge in [0.2, 0.25) is 11.8 Å². The van der Waals surface area contributed by atoms with Gasteiger partial charge >= 0.3 is 0 Å². The van der Waals surface area contributed by atoms with Crippen LogP contribution in [0.1, 0.15) is 22.3 Å². The summed E-state index contributed by atoms with van der Waals surface area (Å²) in [5.41, 5.74) is 1.75. The van der Waals surface area contributed by atoms with Gasteiger partial charge in [-0.15, -0.1) is 11.8 Å². The maximum Gasteiger partial charge on any atom is 0.272 e. The third-order valence-electron chi connectivity index (χ3n) is 6.37. The molecule has 11 heteroatoms. The van der Waals surface area contributed by atoms with Crippen LogP contribution in [0.4, 0.5) is 11.4 Å². The Morgan fingerprint density at radius 2 is 1.51 bits per heavy atom. The second kappa shape index (κ2) is 13.5. The van der Waals surface area contributed by atoms with Gasteiger partial charge in [0.25, 0.3) is 11.8 Å². The second-order valence-corrected chi connectivity index (χ2v) is 11.9. The van der Waals surface area contributed by atoms with Gasteiger partial charge in [-0.25, -0.2) is 4.90 Å². The number of hydrogen-bond acceptors (Lipinski definition) is 5. The van der Waals surface area contributed by atoms with Crippen molar-refractivity contribution in [1.82, 2.24) is 5.32 Å². The summed E-state index contributed by atoms with van der Waals surface area (Å²) < 4.78 is 0. The highest BCUT2D eigenvalue weighted by Crippen LogP contribution is 2.35. The number of halogens is 3. The lowest BCUT2D eigenvalue weighted by atomic mass is 10.1. The fraction of sp³-hybridized carbons (Fsp3) is 0.0625. The Hall–Kier alpha value is -4.08. The Morgan fingerprint density at radius 3 is 2.19 bits per heavy atom. The van der Waals surface area contributed by atoms with Crippen molar-refractivity contribution in [3.8, 4) is 0 Å². The minimum absolute atomic E-state index is 0.0334. The molecule has 0 radical (unpaired) electrons.